The number of rotatable bonds is 4. The van der Waals surface area contributed by atoms with Crippen LogP contribution in [0.3, 0.4) is 0 Å². The van der Waals surface area contributed by atoms with Gasteiger partial charge in [0.1, 0.15) is 5.75 Å². The van der Waals surface area contributed by atoms with Gasteiger partial charge < -0.3 is 15.8 Å². The molecule has 0 saturated carbocycles. The topological polar surface area (TPSA) is 64.3 Å². The quantitative estimate of drug-likeness (QED) is 0.814. The fourth-order valence-electron chi connectivity index (χ4n) is 1.54. The number of carbonyl (C=O) groups excluding carboxylic acids is 1. The Kier molecular flexibility index (Phi) is 5.17. The average molecular weight is 346 g/mol. The Bertz CT molecular complexity index is 677. The Morgan fingerprint density at radius 1 is 1.05 bits per heavy atom. The van der Waals surface area contributed by atoms with Gasteiger partial charge in [0, 0.05) is 11.8 Å². The van der Waals surface area contributed by atoms with Crippen molar-refractivity contribution in [3.8, 4) is 5.75 Å². The predicted octanol–water partition coefficient (Wildman–Crippen LogP) is 4.25. The SMILES string of the molecule is Nc1ccc(Cl)c(NC(=O)COc2ccc(Cl)c(Cl)c2)c1. The first kappa shape index (κ1) is 15.8. The minimum atomic E-state index is -0.367. The summed E-state index contributed by atoms with van der Waals surface area (Å²) in [4.78, 5) is 11.8. The van der Waals surface area contributed by atoms with Gasteiger partial charge in [0.2, 0.25) is 0 Å². The third kappa shape index (κ3) is 4.43. The maximum atomic E-state index is 11.8. The lowest BCUT2D eigenvalue weighted by Gasteiger charge is -2.10. The summed E-state index contributed by atoms with van der Waals surface area (Å²) < 4.78 is 5.32. The molecular weight excluding hydrogens is 335 g/mol. The first-order valence-corrected chi connectivity index (χ1v) is 7.02. The monoisotopic (exact) mass is 344 g/mol. The number of nitrogens with one attached hydrogen (secondary N) is 1. The van der Waals surface area contributed by atoms with E-state index < -0.39 is 0 Å². The largest absolute Gasteiger partial charge is 0.484 e. The van der Waals surface area contributed by atoms with Crippen LogP contribution in [0.25, 0.3) is 0 Å². The van der Waals surface area contributed by atoms with Crippen LogP contribution in [0.5, 0.6) is 5.75 Å². The van der Waals surface area contributed by atoms with Gasteiger partial charge in [0.15, 0.2) is 6.61 Å². The zero-order valence-electron chi connectivity index (χ0n) is 10.7. The molecule has 7 heteroatoms. The third-order valence-electron chi connectivity index (χ3n) is 2.53. The van der Waals surface area contributed by atoms with Crippen LogP contribution >= 0.6 is 34.8 Å². The molecule has 2 aromatic carbocycles. The highest BCUT2D eigenvalue weighted by molar-refractivity contribution is 6.42. The van der Waals surface area contributed by atoms with Gasteiger partial charge in [-0.05, 0) is 30.3 Å². The van der Waals surface area contributed by atoms with Gasteiger partial charge in [-0.3, -0.25) is 4.79 Å². The van der Waals surface area contributed by atoms with Gasteiger partial charge >= 0.3 is 0 Å². The number of nitrogens with two attached hydrogens (primary N) is 1. The zero-order valence-corrected chi connectivity index (χ0v) is 13.0. The molecule has 3 N–H and O–H groups in total. The van der Waals surface area contributed by atoms with Crippen molar-refractivity contribution in [1.82, 2.24) is 0 Å². The summed E-state index contributed by atoms with van der Waals surface area (Å²) in [6.07, 6.45) is 0. The van der Waals surface area contributed by atoms with Crippen LogP contribution in [-0.2, 0) is 4.79 Å². The number of hydrogen-bond donors (Lipinski definition) is 2. The van der Waals surface area contributed by atoms with E-state index in [9.17, 15) is 4.79 Å². The summed E-state index contributed by atoms with van der Waals surface area (Å²) in [6, 6.07) is 9.56. The molecule has 0 heterocycles. The summed E-state index contributed by atoms with van der Waals surface area (Å²) in [5.41, 5.74) is 6.56. The molecule has 0 aliphatic carbocycles. The number of carbonyl (C=O) groups is 1. The van der Waals surface area contributed by atoms with Crippen molar-refractivity contribution in [2.24, 2.45) is 0 Å². The van der Waals surface area contributed by atoms with Crippen molar-refractivity contribution in [2.45, 2.75) is 0 Å². The second kappa shape index (κ2) is 6.89. The Labute approximate surface area is 136 Å². The lowest BCUT2D eigenvalue weighted by molar-refractivity contribution is -0.118. The standard InChI is InChI=1S/C14H11Cl3N2O2/c15-10-4-2-9(6-12(10)17)21-7-14(20)19-13-5-8(18)1-3-11(13)16/h1-6H,7,18H2,(H,19,20). The fourth-order valence-corrected chi connectivity index (χ4v) is 1.99. The Hall–Kier alpha value is -1.62. The first-order chi connectivity index (χ1) is 9.95. The molecule has 0 atom stereocenters. The number of benzene rings is 2. The van der Waals surface area contributed by atoms with E-state index in [-0.39, 0.29) is 12.5 Å². The number of nitrogen functional groups attached to an aromatic ring is 1. The predicted molar refractivity (Wildman–Crippen MR) is 86.5 cm³/mol. The van der Waals surface area contributed by atoms with E-state index in [0.29, 0.717) is 32.2 Å². The van der Waals surface area contributed by atoms with Crippen LogP contribution in [-0.4, -0.2) is 12.5 Å². The number of amides is 1. The van der Waals surface area contributed by atoms with Gasteiger partial charge in [-0.15, -0.1) is 0 Å². The summed E-state index contributed by atoms with van der Waals surface area (Å²) in [7, 11) is 0. The maximum absolute atomic E-state index is 11.8. The molecule has 0 fully saturated rings. The molecule has 21 heavy (non-hydrogen) atoms. The molecule has 0 aliphatic heterocycles. The lowest BCUT2D eigenvalue weighted by Crippen LogP contribution is -2.20. The van der Waals surface area contributed by atoms with E-state index in [2.05, 4.69) is 5.32 Å². The summed E-state index contributed by atoms with van der Waals surface area (Å²) >= 11 is 17.6. The lowest BCUT2D eigenvalue weighted by atomic mass is 10.3. The Morgan fingerprint density at radius 3 is 2.48 bits per heavy atom. The molecule has 0 unspecified atom stereocenters. The minimum absolute atomic E-state index is 0.191. The molecule has 2 rings (SSSR count). The zero-order chi connectivity index (χ0) is 15.4. The van der Waals surface area contributed by atoms with Gasteiger partial charge in [0.25, 0.3) is 5.91 Å². The molecule has 0 saturated heterocycles. The van der Waals surface area contributed by atoms with E-state index >= 15 is 0 Å². The van der Waals surface area contributed by atoms with Crippen molar-refractivity contribution in [1.29, 1.82) is 0 Å². The fraction of sp³-hybridized carbons (Fsp3) is 0.0714. The minimum Gasteiger partial charge on any atom is -0.484 e. The van der Waals surface area contributed by atoms with Crippen molar-refractivity contribution in [2.75, 3.05) is 17.7 Å². The second-order valence-corrected chi connectivity index (χ2v) is 5.37. The van der Waals surface area contributed by atoms with Gasteiger partial charge in [0.05, 0.1) is 20.8 Å². The van der Waals surface area contributed by atoms with Gasteiger partial charge in [-0.2, -0.15) is 0 Å². The van der Waals surface area contributed by atoms with Crippen LogP contribution in [0.2, 0.25) is 15.1 Å². The van der Waals surface area contributed by atoms with Crippen molar-refractivity contribution < 1.29 is 9.53 Å². The van der Waals surface area contributed by atoms with Gasteiger partial charge in [-0.25, -0.2) is 0 Å². The van der Waals surface area contributed by atoms with E-state index in [1.54, 1.807) is 30.3 Å². The molecular formula is C14H11Cl3N2O2. The molecule has 0 aromatic heterocycles. The molecule has 1 amide bonds. The van der Waals surface area contributed by atoms with Crippen LogP contribution in [0.1, 0.15) is 0 Å². The van der Waals surface area contributed by atoms with E-state index in [0.717, 1.165) is 0 Å². The number of halogens is 3. The average Bonchev–Trinajstić information content (AvgIpc) is 2.44. The van der Waals surface area contributed by atoms with Crippen LogP contribution in [0.4, 0.5) is 11.4 Å². The molecule has 4 nitrogen and oxygen atoms in total. The Morgan fingerprint density at radius 2 is 1.76 bits per heavy atom. The van der Waals surface area contributed by atoms with Crippen LogP contribution in [0, 0.1) is 0 Å². The second-order valence-electron chi connectivity index (χ2n) is 4.15. The van der Waals surface area contributed by atoms with E-state index in [1.165, 1.54) is 6.07 Å². The summed E-state index contributed by atoms with van der Waals surface area (Å²) in [5.74, 6) is 0.0757. The normalized spacial score (nSPS) is 10.2. The summed E-state index contributed by atoms with van der Waals surface area (Å²) in [5, 5.41) is 3.78. The first-order valence-electron chi connectivity index (χ1n) is 5.88. The molecule has 2 aromatic rings. The third-order valence-corrected chi connectivity index (χ3v) is 3.59. The van der Waals surface area contributed by atoms with Crippen molar-refractivity contribution in [3.63, 3.8) is 0 Å². The van der Waals surface area contributed by atoms with Crippen LogP contribution in [0.15, 0.2) is 36.4 Å². The smallest absolute Gasteiger partial charge is 0.262 e. The summed E-state index contributed by atoms with van der Waals surface area (Å²) in [6.45, 7) is -0.191. The number of anilines is 2. The Balaban J connectivity index is 1.95. The highest BCUT2D eigenvalue weighted by Crippen LogP contribution is 2.26. The highest BCUT2D eigenvalue weighted by atomic mass is 35.5. The molecule has 0 spiro atoms. The molecule has 110 valence electrons. The van der Waals surface area contributed by atoms with Gasteiger partial charge in [-0.1, -0.05) is 34.8 Å². The molecule has 0 bridgehead atoms. The van der Waals surface area contributed by atoms with Crippen LogP contribution < -0.4 is 15.8 Å². The van der Waals surface area contributed by atoms with Crippen molar-refractivity contribution >= 4 is 52.1 Å². The molecule has 0 radical (unpaired) electrons. The maximum Gasteiger partial charge on any atom is 0.262 e. The van der Waals surface area contributed by atoms with Crippen molar-refractivity contribution in [3.05, 3.63) is 51.5 Å². The van der Waals surface area contributed by atoms with E-state index in [1.807, 2.05) is 0 Å². The highest BCUT2D eigenvalue weighted by Gasteiger charge is 2.08. The van der Waals surface area contributed by atoms with E-state index in [4.69, 9.17) is 45.3 Å². The number of hydrogen-bond acceptors (Lipinski definition) is 3. The molecule has 0 aliphatic rings. The number of ether oxygens (including phenoxy) is 1.